The molecule has 2 rings (SSSR count). The van der Waals surface area contributed by atoms with Crippen molar-refractivity contribution >= 4 is 5.97 Å². The van der Waals surface area contributed by atoms with E-state index in [1.165, 1.54) is 0 Å². The molecule has 1 aromatic heterocycles. The van der Waals surface area contributed by atoms with E-state index < -0.39 is 60.3 Å². The van der Waals surface area contributed by atoms with Crippen molar-refractivity contribution < 1.29 is 33.6 Å². The number of carbonyl (C=O) groups excluding carboxylic acids is 1. The molecule has 0 radical (unpaired) electrons. The van der Waals surface area contributed by atoms with E-state index in [0.29, 0.717) is 12.8 Å². The fourth-order valence-corrected chi connectivity index (χ4v) is 3.07. The van der Waals surface area contributed by atoms with Gasteiger partial charge in [0.15, 0.2) is 5.72 Å². The molecule has 164 valence electrons. The molecule has 10 nitrogen and oxygen atoms in total. The first-order chi connectivity index (χ1) is 13.7. The van der Waals surface area contributed by atoms with Gasteiger partial charge >= 0.3 is 11.7 Å². The summed E-state index contributed by atoms with van der Waals surface area (Å²) >= 11 is 0. The van der Waals surface area contributed by atoms with E-state index in [0.717, 1.165) is 17.4 Å². The number of unbranched alkanes of at least 4 members (excludes halogenated alkanes) is 1. The van der Waals surface area contributed by atoms with Gasteiger partial charge in [-0.3, -0.25) is 19.1 Å². The number of nitrogens with zero attached hydrogens (tertiary/aromatic N) is 1. The first-order valence-corrected chi connectivity index (χ1v) is 9.48. The topological polar surface area (TPSA) is 140 Å². The molecule has 1 aliphatic rings. The lowest BCUT2D eigenvalue weighted by atomic mass is 10.1. The molecule has 1 unspecified atom stereocenters. The molecule has 2 heterocycles. The molecule has 0 bridgehead atoms. The highest BCUT2D eigenvalue weighted by Gasteiger charge is 2.49. The van der Waals surface area contributed by atoms with Gasteiger partial charge in [-0.2, -0.15) is 4.39 Å². The van der Waals surface area contributed by atoms with Crippen LogP contribution in [0.15, 0.2) is 15.8 Å². The second-order valence-corrected chi connectivity index (χ2v) is 7.06. The van der Waals surface area contributed by atoms with E-state index in [1.807, 2.05) is 6.92 Å². The summed E-state index contributed by atoms with van der Waals surface area (Å²) in [4.78, 5) is 37.5. The Morgan fingerprint density at radius 1 is 1.52 bits per heavy atom. The van der Waals surface area contributed by atoms with Crippen LogP contribution in [0.1, 0.15) is 39.5 Å². The zero-order valence-electron chi connectivity index (χ0n) is 16.4. The minimum Gasteiger partial charge on any atom is -0.460 e. The maximum atomic E-state index is 13.8. The SMILES string of the molecule is CCCCOC(C)CC(=O)OC[C@]1(n2cc(F)c(=O)[nH]c2=O)C[C@H](O)[C@@H](CO)O1. The summed E-state index contributed by atoms with van der Waals surface area (Å²) in [7, 11) is 0. The van der Waals surface area contributed by atoms with Crippen LogP contribution < -0.4 is 11.2 Å². The van der Waals surface area contributed by atoms with Crippen molar-refractivity contribution in [3.8, 4) is 0 Å². The van der Waals surface area contributed by atoms with Gasteiger partial charge in [0, 0.05) is 13.0 Å². The Kier molecular flexibility index (Phi) is 8.08. The van der Waals surface area contributed by atoms with Gasteiger partial charge in [-0.1, -0.05) is 13.3 Å². The molecule has 1 fully saturated rings. The summed E-state index contributed by atoms with van der Waals surface area (Å²) < 4.78 is 30.8. The number of hydrogen-bond acceptors (Lipinski definition) is 8. The number of ether oxygens (including phenoxy) is 3. The molecule has 0 aliphatic carbocycles. The van der Waals surface area contributed by atoms with Crippen LogP contribution in [-0.4, -0.2) is 63.9 Å². The Bertz CT molecular complexity index is 810. The van der Waals surface area contributed by atoms with Gasteiger partial charge in [0.2, 0.25) is 5.82 Å². The fraction of sp³-hybridized carbons (Fsp3) is 0.722. The summed E-state index contributed by atoms with van der Waals surface area (Å²) in [6, 6.07) is 0. The second-order valence-electron chi connectivity index (χ2n) is 7.06. The molecule has 3 N–H and O–H groups in total. The number of halogens is 1. The minimum absolute atomic E-state index is 0.0549. The Labute approximate surface area is 166 Å². The zero-order chi connectivity index (χ0) is 21.6. The number of carbonyl (C=O) groups is 1. The summed E-state index contributed by atoms with van der Waals surface area (Å²) in [6.07, 6.45) is -0.548. The minimum atomic E-state index is -1.78. The Balaban J connectivity index is 2.16. The molecule has 0 amide bonds. The third-order valence-electron chi connectivity index (χ3n) is 4.66. The standard InChI is InChI=1S/C18H27FN2O8/c1-3-4-5-27-11(2)6-15(24)28-10-18(7-13(23)14(9-22)29-18)21-8-12(19)16(25)20-17(21)26/h8,11,13-14,22-23H,3-7,9-10H2,1-2H3,(H,20,25,26)/t11?,13-,14+,18-/m0/s1. The normalized spacial score (nSPS) is 25.1. The van der Waals surface area contributed by atoms with E-state index in [1.54, 1.807) is 11.9 Å². The van der Waals surface area contributed by atoms with Crippen molar-refractivity contribution in [3.05, 3.63) is 32.9 Å². The van der Waals surface area contributed by atoms with Gasteiger partial charge in [-0.05, 0) is 13.3 Å². The van der Waals surface area contributed by atoms with Crippen LogP contribution in [0.5, 0.6) is 0 Å². The van der Waals surface area contributed by atoms with Gasteiger partial charge in [0.25, 0.3) is 5.56 Å². The van der Waals surface area contributed by atoms with Crippen LogP contribution in [0.4, 0.5) is 4.39 Å². The van der Waals surface area contributed by atoms with Crippen LogP contribution in [-0.2, 0) is 24.7 Å². The first-order valence-electron chi connectivity index (χ1n) is 9.48. The van der Waals surface area contributed by atoms with E-state index in [2.05, 4.69) is 0 Å². The summed E-state index contributed by atoms with van der Waals surface area (Å²) in [5.41, 5.74) is -4.00. The lowest BCUT2D eigenvalue weighted by Gasteiger charge is -2.30. The highest BCUT2D eigenvalue weighted by Crippen LogP contribution is 2.34. The molecule has 4 atom stereocenters. The third kappa shape index (κ3) is 5.72. The van der Waals surface area contributed by atoms with Crippen molar-refractivity contribution in [1.29, 1.82) is 0 Å². The van der Waals surface area contributed by atoms with E-state index in [9.17, 15) is 29.0 Å². The summed E-state index contributed by atoms with van der Waals surface area (Å²) in [6.45, 7) is 3.13. The van der Waals surface area contributed by atoms with Gasteiger partial charge < -0.3 is 24.4 Å². The van der Waals surface area contributed by atoms with Crippen LogP contribution in [0.2, 0.25) is 0 Å². The number of H-pyrrole nitrogens is 1. The van der Waals surface area contributed by atoms with Crippen molar-refractivity contribution in [1.82, 2.24) is 9.55 Å². The average molecular weight is 418 g/mol. The Morgan fingerprint density at radius 2 is 2.24 bits per heavy atom. The molecular formula is C18H27FN2O8. The number of aromatic nitrogens is 2. The van der Waals surface area contributed by atoms with Crippen LogP contribution >= 0.6 is 0 Å². The number of aliphatic hydroxyl groups is 2. The van der Waals surface area contributed by atoms with Crippen molar-refractivity contribution in [2.45, 2.75) is 63.6 Å². The predicted molar refractivity (Wildman–Crippen MR) is 97.7 cm³/mol. The summed E-state index contributed by atoms with van der Waals surface area (Å²) in [5.74, 6) is -1.89. The zero-order valence-corrected chi connectivity index (χ0v) is 16.4. The van der Waals surface area contributed by atoms with Crippen LogP contribution in [0, 0.1) is 5.82 Å². The fourth-order valence-electron chi connectivity index (χ4n) is 3.07. The number of hydrogen-bond donors (Lipinski definition) is 3. The van der Waals surface area contributed by atoms with Crippen molar-refractivity contribution in [3.63, 3.8) is 0 Å². The Morgan fingerprint density at radius 3 is 2.86 bits per heavy atom. The number of nitrogens with one attached hydrogen (secondary N) is 1. The highest BCUT2D eigenvalue weighted by atomic mass is 19.1. The highest BCUT2D eigenvalue weighted by molar-refractivity contribution is 5.69. The molecule has 1 saturated heterocycles. The number of esters is 1. The molecule has 0 spiro atoms. The molecular weight excluding hydrogens is 391 g/mol. The molecule has 1 aliphatic heterocycles. The lowest BCUT2D eigenvalue weighted by Crippen LogP contribution is -2.48. The van der Waals surface area contributed by atoms with Gasteiger partial charge in [-0.25, -0.2) is 4.79 Å². The third-order valence-corrected chi connectivity index (χ3v) is 4.66. The first kappa shape index (κ1) is 23.2. The van der Waals surface area contributed by atoms with Crippen molar-refractivity contribution in [2.24, 2.45) is 0 Å². The average Bonchev–Trinajstić information content (AvgIpc) is 3.00. The lowest BCUT2D eigenvalue weighted by molar-refractivity contribution is -0.175. The van der Waals surface area contributed by atoms with Gasteiger partial charge in [0.1, 0.15) is 12.7 Å². The number of aliphatic hydroxyl groups excluding tert-OH is 2. The molecule has 11 heteroatoms. The van der Waals surface area contributed by atoms with E-state index >= 15 is 0 Å². The maximum Gasteiger partial charge on any atom is 0.330 e. The van der Waals surface area contributed by atoms with Gasteiger partial charge in [-0.15, -0.1) is 0 Å². The number of rotatable bonds is 10. The van der Waals surface area contributed by atoms with E-state index in [-0.39, 0.29) is 12.8 Å². The summed E-state index contributed by atoms with van der Waals surface area (Å²) in [5, 5.41) is 19.5. The molecule has 0 aromatic carbocycles. The molecule has 0 saturated carbocycles. The monoisotopic (exact) mass is 418 g/mol. The maximum absolute atomic E-state index is 13.8. The second kappa shape index (κ2) is 10.1. The predicted octanol–water partition coefficient (Wildman–Crippen LogP) is -0.391. The quantitative estimate of drug-likeness (QED) is 0.345. The van der Waals surface area contributed by atoms with Gasteiger partial charge in [0.05, 0.1) is 31.4 Å². The molecule has 29 heavy (non-hydrogen) atoms. The van der Waals surface area contributed by atoms with E-state index in [4.69, 9.17) is 14.2 Å². The molecule has 1 aromatic rings. The van der Waals surface area contributed by atoms with Crippen LogP contribution in [0.25, 0.3) is 0 Å². The van der Waals surface area contributed by atoms with Crippen LogP contribution in [0.3, 0.4) is 0 Å². The smallest absolute Gasteiger partial charge is 0.330 e. The van der Waals surface area contributed by atoms with Crippen molar-refractivity contribution in [2.75, 3.05) is 19.8 Å². The number of aromatic amines is 1. The Hall–Kier alpha value is -2.08. The largest absolute Gasteiger partial charge is 0.460 e.